The zero-order valence-corrected chi connectivity index (χ0v) is 16.5. The highest BCUT2D eigenvalue weighted by Gasteiger charge is 2.31. The highest BCUT2D eigenvalue weighted by molar-refractivity contribution is 7.89. The third-order valence-corrected chi connectivity index (χ3v) is 6.67. The van der Waals surface area contributed by atoms with Crippen LogP contribution < -0.4 is 0 Å². The Labute approximate surface area is 166 Å². The highest BCUT2D eigenvalue weighted by atomic mass is 35.5. The Bertz CT molecular complexity index is 928. The normalized spacial score (nSPS) is 15.9. The molecule has 0 saturated carbocycles. The van der Waals surface area contributed by atoms with Gasteiger partial charge in [0.05, 0.1) is 9.92 Å². The standard InChI is InChI=1S/C16H14Cl3N3O3S/c17-11-1-3-12(4-2-11)26(24,25)22-9-7-21(8-10-22)16(23)15-13(18)5-6-14(19)20-15/h1-6H,7-10H2. The summed E-state index contributed by atoms with van der Waals surface area (Å²) >= 11 is 17.6. The first-order valence-electron chi connectivity index (χ1n) is 7.66. The third kappa shape index (κ3) is 3.97. The van der Waals surface area contributed by atoms with E-state index in [0.717, 1.165) is 0 Å². The average molecular weight is 435 g/mol. The largest absolute Gasteiger partial charge is 0.335 e. The van der Waals surface area contributed by atoms with Crippen LogP contribution in [-0.2, 0) is 10.0 Å². The van der Waals surface area contributed by atoms with Crippen molar-refractivity contribution in [2.45, 2.75) is 4.90 Å². The van der Waals surface area contributed by atoms with Crippen LogP contribution in [0.25, 0.3) is 0 Å². The Hall–Kier alpha value is -1.38. The smallest absolute Gasteiger partial charge is 0.274 e. The number of nitrogens with zero attached hydrogens (tertiary/aromatic N) is 3. The minimum Gasteiger partial charge on any atom is -0.335 e. The van der Waals surface area contributed by atoms with Crippen molar-refractivity contribution in [1.82, 2.24) is 14.2 Å². The van der Waals surface area contributed by atoms with E-state index < -0.39 is 10.0 Å². The molecule has 1 aromatic carbocycles. The molecule has 0 N–H and O–H groups in total. The van der Waals surface area contributed by atoms with Gasteiger partial charge in [-0.1, -0.05) is 34.8 Å². The fourth-order valence-electron chi connectivity index (χ4n) is 2.61. The molecule has 1 aromatic heterocycles. The molecule has 2 aromatic rings. The summed E-state index contributed by atoms with van der Waals surface area (Å²) in [6.07, 6.45) is 0. The molecule has 0 atom stereocenters. The number of carbonyl (C=O) groups excluding carboxylic acids is 1. The maximum absolute atomic E-state index is 12.7. The highest BCUT2D eigenvalue weighted by Crippen LogP contribution is 2.22. The van der Waals surface area contributed by atoms with Crippen molar-refractivity contribution in [3.63, 3.8) is 0 Å². The van der Waals surface area contributed by atoms with Crippen molar-refractivity contribution >= 4 is 50.7 Å². The molecule has 3 rings (SSSR count). The molecule has 138 valence electrons. The Balaban J connectivity index is 1.71. The van der Waals surface area contributed by atoms with Crippen LogP contribution in [0.2, 0.25) is 15.2 Å². The number of benzene rings is 1. The first-order valence-corrected chi connectivity index (χ1v) is 10.2. The molecular formula is C16H14Cl3N3O3S. The van der Waals surface area contributed by atoms with Crippen LogP contribution in [0.1, 0.15) is 10.5 Å². The van der Waals surface area contributed by atoms with Crippen molar-refractivity contribution in [3.8, 4) is 0 Å². The molecule has 1 aliphatic rings. The molecule has 0 aliphatic carbocycles. The second-order valence-corrected chi connectivity index (χ2v) is 8.78. The summed E-state index contributed by atoms with van der Waals surface area (Å²) in [5, 5.41) is 0.836. The van der Waals surface area contributed by atoms with Crippen LogP contribution in [0.4, 0.5) is 0 Å². The average Bonchev–Trinajstić information content (AvgIpc) is 2.63. The van der Waals surface area contributed by atoms with Crippen LogP contribution in [0.15, 0.2) is 41.3 Å². The van der Waals surface area contributed by atoms with E-state index in [9.17, 15) is 13.2 Å². The number of amides is 1. The summed E-state index contributed by atoms with van der Waals surface area (Å²) in [6.45, 7) is 0.816. The second-order valence-electron chi connectivity index (χ2n) is 5.61. The van der Waals surface area contributed by atoms with Crippen LogP contribution in [0.3, 0.4) is 0 Å². The van der Waals surface area contributed by atoms with Gasteiger partial charge in [-0.2, -0.15) is 4.31 Å². The molecule has 0 radical (unpaired) electrons. The van der Waals surface area contributed by atoms with E-state index in [4.69, 9.17) is 34.8 Å². The summed E-state index contributed by atoms with van der Waals surface area (Å²) in [5.74, 6) is -0.374. The van der Waals surface area contributed by atoms with Crippen molar-refractivity contribution in [2.75, 3.05) is 26.2 Å². The number of hydrogen-bond acceptors (Lipinski definition) is 4. The quantitative estimate of drug-likeness (QED) is 0.696. The topological polar surface area (TPSA) is 70.6 Å². The van der Waals surface area contributed by atoms with E-state index in [2.05, 4.69) is 4.98 Å². The van der Waals surface area contributed by atoms with Gasteiger partial charge in [0.15, 0.2) is 0 Å². The number of halogens is 3. The first kappa shape index (κ1) is 19.4. The van der Waals surface area contributed by atoms with Gasteiger partial charge >= 0.3 is 0 Å². The molecule has 0 bridgehead atoms. The Kier molecular flexibility index (Phi) is 5.74. The zero-order valence-electron chi connectivity index (χ0n) is 13.4. The Morgan fingerprint density at radius 3 is 2.15 bits per heavy atom. The van der Waals surface area contributed by atoms with Gasteiger partial charge in [-0.25, -0.2) is 13.4 Å². The van der Waals surface area contributed by atoms with Gasteiger partial charge < -0.3 is 4.90 Å². The molecule has 1 saturated heterocycles. The molecule has 1 fully saturated rings. The molecule has 1 aliphatic heterocycles. The summed E-state index contributed by atoms with van der Waals surface area (Å²) in [4.78, 5) is 18.2. The summed E-state index contributed by atoms with van der Waals surface area (Å²) in [6, 6.07) is 8.99. The first-order chi connectivity index (χ1) is 12.3. The van der Waals surface area contributed by atoms with Gasteiger partial charge in [0.1, 0.15) is 10.8 Å². The fraction of sp³-hybridized carbons (Fsp3) is 0.250. The van der Waals surface area contributed by atoms with Gasteiger partial charge in [0.25, 0.3) is 5.91 Å². The summed E-state index contributed by atoms with van der Waals surface area (Å²) in [7, 11) is -3.63. The molecule has 26 heavy (non-hydrogen) atoms. The van der Waals surface area contributed by atoms with E-state index >= 15 is 0 Å². The van der Waals surface area contributed by atoms with E-state index in [1.54, 1.807) is 0 Å². The third-order valence-electron chi connectivity index (χ3n) is 3.99. The lowest BCUT2D eigenvalue weighted by Gasteiger charge is -2.34. The van der Waals surface area contributed by atoms with Gasteiger partial charge in [-0.15, -0.1) is 0 Å². The van der Waals surface area contributed by atoms with Gasteiger partial charge in [-0.3, -0.25) is 4.79 Å². The lowest BCUT2D eigenvalue weighted by molar-refractivity contribution is 0.0692. The predicted octanol–water partition coefficient (Wildman–Crippen LogP) is 3.19. The van der Waals surface area contributed by atoms with E-state index in [1.165, 1.54) is 45.6 Å². The van der Waals surface area contributed by atoms with E-state index in [0.29, 0.717) is 5.02 Å². The Morgan fingerprint density at radius 1 is 0.923 bits per heavy atom. The molecule has 2 heterocycles. The number of rotatable bonds is 3. The molecule has 0 unspecified atom stereocenters. The minimum atomic E-state index is -3.63. The number of carbonyl (C=O) groups is 1. The Morgan fingerprint density at radius 2 is 1.54 bits per heavy atom. The van der Waals surface area contributed by atoms with Gasteiger partial charge in [-0.05, 0) is 36.4 Å². The summed E-state index contributed by atoms with van der Waals surface area (Å²) in [5.41, 5.74) is 0.0631. The van der Waals surface area contributed by atoms with E-state index in [1.807, 2.05) is 0 Å². The maximum atomic E-state index is 12.7. The molecular weight excluding hydrogens is 421 g/mol. The zero-order chi connectivity index (χ0) is 18.9. The summed E-state index contributed by atoms with van der Waals surface area (Å²) < 4.78 is 26.7. The fourth-order valence-corrected chi connectivity index (χ4v) is 4.49. The lowest BCUT2D eigenvalue weighted by atomic mass is 10.3. The maximum Gasteiger partial charge on any atom is 0.274 e. The van der Waals surface area contributed by atoms with Crippen molar-refractivity contribution in [1.29, 1.82) is 0 Å². The van der Waals surface area contributed by atoms with Crippen LogP contribution in [0, 0.1) is 0 Å². The number of aromatic nitrogens is 1. The van der Waals surface area contributed by atoms with Gasteiger partial charge in [0.2, 0.25) is 10.0 Å². The molecule has 0 spiro atoms. The van der Waals surface area contributed by atoms with Gasteiger partial charge in [0, 0.05) is 31.2 Å². The second kappa shape index (κ2) is 7.70. The van der Waals surface area contributed by atoms with Crippen molar-refractivity contribution in [2.24, 2.45) is 0 Å². The predicted molar refractivity (Wildman–Crippen MR) is 100 cm³/mol. The number of piperazine rings is 1. The molecule has 10 heteroatoms. The monoisotopic (exact) mass is 433 g/mol. The lowest BCUT2D eigenvalue weighted by Crippen LogP contribution is -2.50. The number of hydrogen-bond donors (Lipinski definition) is 0. The number of pyridine rings is 1. The van der Waals surface area contributed by atoms with Crippen LogP contribution in [-0.4, -0.2) is 54.7 Å². The molecule has 1 amide bonds. The van der Waals surface area contributed by atoms with Crippen molar-refractivity contribution in [3.05, 3.63) is 57.3 Å². The van der Waals surface area contributed by atoms with Crippen LogP contribution in [0.5, 0.6) is 0 Å². The van der Waals surface area contributed by atoms with E-state index in [-0.39, 0.29) is 52.9 Å². The van der Waals surface area contributed by atoms with Crippen LogP contribution >= 0.6 is 34.8 Å². The molecule has 6 nitrogen and oxygen atoms in total. The van der Waals surface area contributed by atoms with Crippen molar-refractivity contribution < 1.29 is 13.2 Å². The SMILES string of the molecule is O=C(c1nc(Cl)ccc1Cl)N1CCN(S(=O)(=O)c2ccc(Cl)cc2)CC1. The minimum absolute atomic E-state index is 0.0631. The number of sulfonamides is 1.